The van der Waals surface area contributed by atoms with Gasteiger partial charge in [-0.25, -0.2) is 0 Å². The van der Waals surface area contributed by atoms with Crippen LogP contribution >= 0.6 is 24.2 Å². The van der Waals surface area contributed by atoms with Gasteiger partial charge in [-0.3, -0.25) is 14.9 Å². The Hall–Kier alpha value is -1.75. The Balaban J connectivity index is 0.00000300. The maximum atomic E-state index is 13.2. The number of nitrogens with zero attached hydrogens (tertiary/aromatic N) is 1. The van der Waals surface area contributed by atoms with Crippen molar-refractivity contribution in [1.82, 2.24) is 10.6 Å². The predicted octanol–water partition coefficient (Wildman–Crippen LogP) is 2.97. The van der Waals surface area contributed by atoms with E-state index in [0.717, 1.165) is 31.5 Å². The Kier molecular flexibility index (Phi) is 7.98. The Morgan fingerprint density at radius 3 is 2.72 bits per heavy atom. The monoisotopic (exact) mass is 450 g/mol. The molecule has 0 unspecified atom stereocenters. The van der Waals surface area contributed by atoms with Crippen LogP contribution in [0.15, 0.2) is 23.1 Å². The summed E-state index contributed by atoms with van der Waals surface area (Å²) in [4.78, 5) is 25.3. The van der Waals surface area contributed by atoms with Gasteiger partial charge in [0.25, 0.3) is 11.1 Å². The van der Waals surface area contributed by atoms with Gasteiger partial charge in [0.1, 0.15) is 0 Å². The Labute approximate surface area is 176 Å². The minimum Gasteiger partial charge on any atom is -0.369 e. The van der Waals surface area contributed by atoms with E-state index < -0.39 is 22.9 Å². The molecule has 2 heterocycles. The molecule has 0 saturated carbocycles. The van der Waals surface area contributed by atoms with Crippen molar-refractivity contribution in [3.05, 3.63) is 34.2 Å². The van der Waals surface area contributed by atoms with Crippen LogP contribution in [-0.2, 0) is 11.0 Å². The fourth-order valence-electron chi connectivity index (χ4n) is 3.25. The molecule has 160 valence electrons. The van der Waals surface area contributed by atoms with Gasteiger partial charge in [0, 0.05) is 24.8 Å². The Morgan fingerprint density at radius 2 is 2.10 bits per heavy atom. The molecule has 4 N–H and O–H groups in total. The second kappa shape index (κ2) is 9.84. The molecule has 2 fully saturated rings. The second-order valence-electron chi connectivity index (χ2n) is 6.65. The highest BCUT2D eigenvalue weighted by Gasteiger charge is 2.33. The van der Waals surface area contributed by atoms with Gasteiger partial charge in [0.05, 0.1) is 10.5 Å². The van der Waals surface area contributed by atoms with Crippen molar-refractivity contribution in [3.8, 4) is 0 Å². The summed E-state index contributed by atoms with van der Waals surface area (Å²) >= 11 is 0.685. The molecule has 6 nitrogen and oxygen atoms in total. The van der Waals surface area contributed by atoms with Gasteiger partial charge in [0.2, 0.25) is 0 Å². The molecule has 1 atom stereocenters. The predicted molar refractivity (Wildman–Crippen MR) is 110 cm³/mol. The smallest absolute Gasteiger partial charge is 0.369 e. The molecule has 2 aliphatic heterocycles. The zero-order chi connectivity index (χ0) is 20.3. The molecule has 0 bridgehead atoms. The van der Waals surface area contributed by atoms with Gasteiger partial charge in [-0.2, -0.15) is 13.2 Å². The number of imide groups is 1. The van der Waals surface area contributed by atoms with Crippen LogP contribution in [0.4, 0.5) is 23.7 Å². The van der Waals surface area contributed by atoms with Crippen LogP contribution in [0.1, 0.15) is 24.0 Å². The molecule has 2 amide bonds. The average Bonchev–Trinajstić information content (AvgIpc) is 3.21. The van der Waals surface area contributed by atoms with Crippen LogP contribution in [0.2, 0.25) is 0 Å². The van der Waals surface area contributed by atoms with Gasteiger partial charge >= 0.3 is 6.18 Å². The number of carbonyl (C=O) groups is 2. The van der Waals surface area contributed by atoms with E-state index in [-0.39, 0.29) is 28.9 Å². The summed E-state index contributed by atoms with van der Waals surface area (Å²) in [5.41, 5.74) is 5.57. The molecule has 29 heavy (non-hydrogen) atoms. The van der Waals surface area contributed by atoms with E-state index in [1.54, 1.807) is 0 Å². The Morgan fingerprint density at radius 1 is 1.34 bits per heavy atom. The normalized spacial score (nSPS) is 20.9. The van der Waals surface area contributed by atoms with Crippen LogP contribution in [-0.4, -0.2) is 43.4 Å². The number of rotatable bonds is 6. The van der Waals surface area contributed by atoms with Crippen molar-refractivity contribution in [1.29, 1.82) is 0 Å². The number of hydrogen-bond acceptors (Lipinski definition) is 6. The highest BCUT2D eigenvalue weighted by molar-refractivity contribution is 8.18. The molecule has 11 heteroatoms. The van der Waals surface area contributed by atoms with Crippen molar-refractivity contribution in [3.63, 3.8) is 0 Å². The number of thioether (sulfide) groups is 1. The quantitative estimate of drug-likeness (QED) is 0.456. The van der Waals surface area contributed by atoms with E-state index in [0.29, 0.717) is 37.1 Å². The summed E-state index contributed by atoms with van der Waals surface area (Å²) in [6.45, 7) is 2.71. The molecule has 2 saturated heterocycles. The molecular weight excluding hydrogens is 429 g/mol. The number of nitrogens with two attached hydrogens (primary N) is 1. The summed E-state index contributed by atoms with van der Waals surface area (Å²) in [6, 6.07) is 3.71. The van der Waals surface area contributed by atoms with E-state index in [1.165, 1.54) is 12.1 Å². The lowest BCUT2D eigenvalue weighted by Crippen LogP contribution is -2.34. The van der Waals surface area contributed by atoms with E-state index in [2.05, 4.69) is 10.6 Å². The van der Waals surface area contributed by atoms with Crippen molar-refractivity contribution in [2.24, 2.45) is 5.73 Å². The van der Waals surface area contributed by atoms with Gasteiger partial charge in [-0.1, -0.05) is 0 Å². The first-order chi connectivity index (χ1) is 13.3. The summed E-state index contributed by atoms with van der Waals surface area (Å²) in [5, 5.41) is 4.98. The van der Waals surface area contributed by atoms with E-state index in [9.17, 15) is 22.8 Å². The van der Waals surface area contributed by atoms with E-state index in [1.807, 2.05) is 4.90 Å². The van der Waals surface area contributed by atoms with Gasteiger partial charge in [-0.05, 0) is 67.5 Å². The molecule has 3 rings (SSSR count). The lowest BCUT2D eigenvalue weighted by molar-refractivity contribution is -0.137. The van der Waals surface area contributed by atoms with Crippen LogP contribution in [0.5, 0.6) is 0 Å². The third kappa shape index (κ3) is 5.88. The molecule has 1 aromatic carbocycles. The molecule has 0 spiro atoms. The zero-order valence-corrected chi connectivity index (χ0v) is 17.1. The first-order valence-electron chi connectivity index (χ1n) is 8.92. The third-order valence-electron chi connectivity index (χ3n) is 4.63. The lowest BCUT2D eigenvalue weighted by Gasteiger charge is -2.22. The standard InChI is InChI=1S/C18H21F3N4O2S.ClH/c19-18(20,21)12-2-3-14(25-7-4-13(10-25)23-6-1-5-22)11(8-12)9-15-16(26)24-17(27)28-15;/h2-3,8-9,13,23H,1,4-7,10,22H2,(H,24,26,27);1H/b15-9-;/t13-;/m0./s1. The van der Waals surface area contributed by atoms with Gasteiger partial charge in [-0.15, -0.1) is 12.4 Å². The summed E-state index contributed by atoms with van der Waals surface area (Å²) in [7, 11) is 0. The fraction of sp³-hybridized carbons (Fsp3) is 0.444. The first-order valence-corrected chi connectivity index (χ1v) is 9.74. The number of hydrogen-bond donors (Lipinski definition) is 3. The number of carbonyl (C=O) groups excluding carboxylic acids is 2. The number of nitrogens with one attached hydrogen (secondary N) is 2. The topological polar surface area (TPSA) is 87.5 Å². The molecule has 2 aliphatic rings. The Bertz CT molecular complexity index is 804. The molecule has 0 aromatic heterocycles. The maximum Gasteiger partial charge on any atom is 0.416 e. The van der Waals surface area contributed by atoms with Crippen LogP contribution in [0, 0.1) is 0 Å². The molecule has 0 radical (unpaired) electrons. The number of halogens is 4. The van der Waals surface area contributed by atoms with Crippen molar-refractivity contribution in [2.75, 3.05) is 31.1 Å². The average molecular weight is 451 g/mol. The van der Waals surface area contributed by atoms with Crippen molar-refractivity contribution in [2.45, 2.75) is 25.1 Å². The molecule has 1 aromatic rings. The minimum atomic E-state index is -4.50. The summed E-state index contributed by atoms with van der Waals surface area (Å²) < 4.78 is 39.5. The second-order valence-corrected chi connectivity index (χ2v) is 7.67. The van der Waals surface area contributed by atoms with E-state index in [4.69, 9.17) is 5.73 Å². The van der Waals surface area contributed by atoms with Crippen LogP contribution < -0.4 is 21.3 Å². The fourth-order valence-corrected chi connectivity index (χ4v) is 3.92. The highest BCUT2D eigenvalue weighted by Crippen LogP contribution is 2.36. The highest BCUT2D eigenvalue weighted by atomic mass is 35.5. The SMILES string of the molecule is Cl.NCCCN[C@H]1CCN(c2ccc(C(F)(F)F)cc2/C=C2\SC(=O)NC2=O)C1. The van der Waals surface area contributed by atoms with Gasteiger partial charge in [0.15, 0.2) is 0 Å². The van der Waals surface area contributed by atoms with Crippen LogP contribution in [0.3, 0.4) is 0 Å². The summed E-state index contributed by atoms with van der Waals surface area (Å²) in [5.74, 6) is -0.596. The zero-order valence-electron chi connectivity index (χ0n) is 15.4. The number of amides is 2. The molecule has 0 aliphatic carbocycles. The maximum absolute atomic E-state index is 13.2. The third-order valence-corrected chi connectivity index (χ3v) is 5.44. The van der Waals surface area contributed by atoms with Crippen molar-refractivity contribution >= 4 is 47.1 Å². The first kappa shape index (κ1) is 23.5. The van der Waals surface area contributed by atoms with E-state index >= 15 is 0 Å². The van der Waals surface area contributed by atoms with Crippen molar-refractivity contribution < 1.29 is 22.8 Å². The number of anilines is 1. The largest absolute Gasteiger partial charge is 0.416 e. The lowest BCUT2D eigenvalue weighted by atomic mass is 10.1. The molecular formula is C18H22ClF3N4O2S. The van der Waals surface area contributed by atoms with Gasteiger partial charge < -0.3 is 16.0 Å². The number of alkyl halides is 3. The summed E-state index contributed by atoms with van der Waals surface area (Å²) in [6.07, 6.45) is -1.43. The minimum absolute atomic E-state index is 0. The van der Waals surface area contributed by atoms with Crippen LogP contribution in [0.25, 0.3) is 6.08 Å². The number of benzene rings is 1.